The SMILES string of the molecule is CCN1Cc2cnc(C(=O)Nc3cccc(-c4nncn4C(C)CO)n3)cc2C1.NC=O. The zero-order chi connectivity index (χ0) is 23.1. The van der Waals surface area contributed by atoms with Crippen LogP contribution in [0.4, 0.5) is 5.82 Å². The Bertz CT molecular complexity index is 1080. The lowest BCUT2D eigenvalue weighted by atomic mass is 10.1. The number of carbonyl (C=O) groups is 2. The fourth-order valence-electron chi connectivity index (χ4n) is 3.35. The Labute approximate surface area is 185 Å². The summed E-state index contributed by atoms with van der Waals surface area (Å²) in [5.41, 5.74) is 7.40. The highest BCUT2D eigenvalue weighted by Crippen LogP contribution is 2.23. The molecule has 4 heterocycles. The molecule has 3 aromatic rings. The summed E-state index contributed by atoms with van der Waals surface area (Å²) in [5.74, 6) is 0.617. The lowest BCUT2D eigenvalue weighted by Gasteiger charge is -2.12. The minimum Gasteiger partial charge on any atom is -0.394 e. The Morgan fingerprint density at radius 2 is 2.09 bits per heavy atom. The zero-order valence-electron chi connectivity index (χ0n) is 18.0. The standard InChI is InChI=1S/C20H23N7O2.CH3NO/c1-3-26-9-14-7-17(21-8-15(14)10-26)20(29)24-18-6-4-5-16(23-18)19-25-22-12-27(19)13(2)11-28;2-1-3/h4-8,12-13,28H,3,9-11H2,1-2H3,(H,23,24,29);1H,(H2,2,3). The highest BCUT2D eigenvalue weighted by Gasteiger charge is 2.20. The van der Waals surface area contributed by atoms with E-state index in [1.165, 1.54) is 5.56 Å². The summed E-state index contributed by atoms with van der Waals surface area (Å²) in [4.78, 5) is 32.4. The number of aliphatic hydroxyl groups excluding tert-OH is 1. The second-order valence-corrected chi connectivity index (χ2v) is 7.23. The monoisotopic (exact) mass is 438 g/mol. The Hall–Kier alpha value is -3.70. The first-order valence-corrected chi connectivity index (χ1v) is 10.1. The number of nitrogens with zero attached hydrogens (tertiary/aromatic N) is 6. The number of pyridine rings is 2. The molecule has 168 valence electrons. The summed E-state index contributed by atoms with van der Waals surface area (Å²) < 4.78 is 1.75. The average Bonchev–Trinajstić information content (AvgIpc) is 3.45. The van der Waals surface area contributed by atoms with Crippen LogP contribution in [-0.4, -0.2) is 60.2 Å². The Balaban J connectivity index is 0.000000913. The summed E-state index contributed by atoms with van der Waals surface area (Å²) >= 11 is 0. The van der Waals surface area contributed by atoms with Crippen molar-refractivity contribution in [3.8, 4) is 11.5 Å². The van der Waals surface area contributed by atoms with E-state index in [2.05, 4.69) is 43.0 Å². The Morgan fingerprint density at radius 1 is 1.34 bits per heavy atom. The van der Waals surface area contributed by atoms with E-state index in [0.717, 1.165) is 25.2 Å². The van der Waals surface area contributed by atoms with Gasteiger partial charge in [-0.2, -0.15) is 0 Å². The van der Waals surface area contributed by atoms with E-state index in [-0.39, 0.29) is 25.0 Å². The van der Waals surface area contributed by atoms with Crippen molar-refractivity contribution < 1.29 is 14.7 Å². The molecule has 1 aliphatic rings. The molecule has 0 spiro atoms. The number of rotatable bonds is 6. The largest absolute Gasteiger partial charge is 0.394 e. The molecule has 4 rings (SSSR count). The second kappa shape index (κ2) is 10.6. The van der Waals surface area contributed by atoms with E-state index in [4.69, 9.17) is 4.79 Å². The molecule has 4 N–H and O–H groups in total. The van der Waals surface area contributed by atoms with Gasteiger partial charge in [-0.05, 0) is 42.8 Å². The number of anilines is 1. The summed E-state index contributed by atoms with van der Waals surface area (Å²) in [6.07, 6.45) is 3.58. The van der Waals surface area contributed by atoms with E-state index in [9.17, 15) is 9.90 Å². The van der Waals surface area contributed by atoms with Gasteiger partial charge in [-0.15, -0.1) is 10.2 Å². The van der Waals surface area contributed by atoms with Crippen molar-refractivity contribution >= 4 is 18.1 Å². The Morgan fingerprint density at radius 3 is 2.81 bits per heavy atom. The second-order valence-electron chi connectivity index (χ2n) is 7.23. The average molecular weight is 438 g/mol. The molecule has 2 amide bonds. The first kappa shape index (κ1) is 23.0. The van der Waals surface area contributed by atoms with Gasteiger partial charge < -0.3 is 20.7 Å². The molecule has 0 radical (unpaired) electrons. The molecule has 0 fully saturated rings. The van der Waals surface area contributed by atoms with Crippen LogP contribution >= 0.6 is 0 Å². The van der Waals surface area contributed by atoms with Crippen molar-refractivity contribution in [3.63, 3.8) is 0 Å². The number of hydrogen-bond donors (Lipinski definition) is 3. The predicted molar refractivity (Wildman–Crippen MR) is 117 cm³/mol. The van der Waals surface area contributed by atoms with Crippen molar-refractivity contribution in [1.29, 1.82) is 0 Å². The molecule has 1 atom stereocenters. The minimum atomic E-state index is -0.308. The molecule has 11 nitrogen and oxygen atoms in total. The maximum absolute atomic E-state index is 12.7. The van der Waals surface area contributed by atoms with Crippen LogP contribution in [0.3, 0.4) is 0 Å². The highest BCUT2D eigenvalue weighted by molar-refractivity contribution is 6.02. The fourth-order valence-corrected chi connectivity index (χ4v) is 3.35. The third kappa shape index (κ3) is 5.13. The van der Waals surface area contributed by atoms with Gasteiger partial charge in [-0.25, -0.2) is 4.98 Å². The molecule has 1 unspecified atom stereocenters. The van der Waals surface area contributed by atoms with Crippen LogP contribution < -0.4 is 11.1 Å². The first-order chi connectivity index (χ1) is 15.5. The number of nitrogens with one attached hydrogen (secondary N) is 1. The molecule has 3 aromatic heterocycles. The van der Waals surface area contributed by atoms with Gasteiger partial charge in [-0.1, -0.05) is 13.0 Å². The van der Waals surface area contributed by atoms with Crippen molar-refractivity contribution in [1.82, 2.24) is 29.6 Å². The number of hydrogen-bond acceptors (Lipinski definition) is 8. The van der Waals surface area contributed by atoms with E-state index in [1.54, 1.807) is 35.3 Å². The number of amides is 2. The third-order valence-corrected chi connectivity index (χ3v) is 5.08. The quantitative estimate of drug-likeness (QED) is 0.482. The maximum Gasteiger partial charge on any atom is 0.275 e. The highest BCUT2D eigenvalue weighted by atomic mass is 16.3. The summed E-state index contributed by atoms with van der Waals surface area (Å²) in [5, 5.41) is 20.2. The van der Waals surface area contributed by atoms with Crippen LogP contribution in [0.1, 0.15) is 41.5 Å². The van der Waals surface area contributed by atoms with Gasteiger partial charge in [-0.3, -0.25) is 19.5 Å². The van der Waals surface area contributed by atoms with Crippen LogP contribution in [0.15, 0.2) is 36.8 Å². The topological polar surface area (TPSA) is 152 Å². The summed E-state index contributed by atoms with van der Waals surface area (Å²) in [6, 6.07) is 6.95. The molecule has 1 aliphatic heterocycles. The van der Waals surface area contributed by atoms with E-state index < -0.39 is 0 Å². The van der Waals surface area contributed by atoms with Gasteiger partial charge in [0.05, 0.1) is 12.6 Å². The molecule has 0 saturated heterocycles. The molecule has 0 aliphatic carbocycles. The van der Waals surface area contributed by atoms with E-state index >= 15 is 0 Å². The molecule has 0 aromatic carbocycles. The van der Waals surface area contributed by atoms with Crippen molar-refractivity contribution in [2.45, 2.75) is 33.0 Å². The molecule has 0 bridgehead atoms. The molecular formula is C21H26N8O3. The molecule has 32 heavy (non-hydrogen) atoms. The number of aliphatic hydroxyl groups is 1. The fraction of sp³-hybridized carbons (Fsp3) is 0.333. The lowest BCUT2D eigenvalue weighted by Crippen LogP contribution is -2.16. The van der Waals surface area contributed by atoms with Crippen LogP contribution in [-0.2, 0) is 17.9 Å². The van der Waals surface area contributed by atoms with E-state index in [0.29, 0.717) is 23.0 Å². The maximum atomic E-state index is 12.7. The van der Waals surface area contributed by atoms with Gasteiger partial charge in [0.25, 0.3) is 5.91 Å². The van der Waals surface area contributed by atoms with Crippen molar-refractivity contribution in [2.24, 2.45) is 5.73 Å². The normalized spacial score (nSPS) is 13.6. The van der Waals surface area contributed by atoms with Crippen LogP contribution in [0.2, 0.25) is 0 Å². The van der Waals surface area contributed by atoms with Gasteiger partial charge in [0.2, 0.25) is 6.41 Å². The summed E-state index contributed by atoms with van der Waals surface area (Å²) in [6.45, 7) is 6.61. The number of carbonyl (C=O) groups excluding carboxylic acids is 2. The first-order valence-electron chi connectivity index (χ1n) is 10.1. The smallest absolute Gasteiger partial charge is 0.275 e. The van der Waals surface area contributed by atoms with Crippen LogP contribution in [0.25, 0.3) is 11.5 Å². The van der Waals surface area contributed by atoms with Crippen LogP contribution in [0.5, 0.6) is 0 Å². The number of aromatic nitrogens is 5. The molecule has 11 heteroatoms. The molecular weight excluding hydrogens is 412 g/mol. The summed E-state index contributed by atoms with van der Waals surface area (Å²) in [7, 11) is 0. The van der Waals surface area contributed by atoms with Crippen LogP contribution in [0, 0.1) is 0 Å². The predicted octanol–water partition coefficient (Wildman–Crippen LogP) is 0.978. The Kier molecular flexibility index (Phi) is 7.58. The van der Waals surface area contributed by atoms with Gasteiger partial charge in [0, 0.05) is 19.3 Å². The zero-order valence-corrected chi connectivity index (χ0v) is 18.0. The van der Waals surface area contributed by atoms with Crippen molar-refractivity contribution in [2.75, 3.05) is 18.5 Å². The lowest BCUT2D eigenvalue weighted by molar-refractivity contribution is -0.106. The van der Waals surface area contributed by atoms with Crippen molar-refractivity contribution in [3.05, 3.63) is 53.6 Å². The van der Waals surface area contributed by atoms with Gasteiger partial charge in [0.15, 0.2) is 5.82 Å². The number of fused-ring (bicyclic) bond motifs is 1. The number of primary amides is 1. The third-order valence-electron chi connectivity index (χ3n) is 5.08. The minimum absolute atomic E-state index is 0.0407. The number of nitrogens with two attached hydrogens (primary N) is 1. The van der Waals surface area contributed by atoms with Gasteiger partial charge >= 0.3 is 0 Å². The van der Waals surface area contributed by atoms with Gasteiger partial charge in [0.1, 0.15) is 23.5 Å². The van der Waals surface area contributed by atoms with E-state index in [1.807, 2.05) is 13.0 Å². The molecule has 0 saturated carbocycles.